The maximum absolute atomic E-state index is 12.1. The van der Waals surface area contributed by atoms with Crippen molar-refractivity contribution >= 4 is 35.1 Å². The van der Waals surface area contributed by atoms with Gasteiger partial charge in [0.25, 0.3) is 0 Å². The summed E-state index contributed by atoms with van der Waals surface area (Å²) in [5, 5.41) is 21.6. The summed E-state index contributed by atoms with van der Waals surface area (Å²) in [5.41, 5.74) is 1.01. The van der Waals surface area contributed by atoms with E-state index in [1.807, 2.05) is 37.3 Å². The minimum atomic E-state index is -0.304. The SMILES string of the molecule is CCn1c(SCC(=O)Nc2ccccc2)nnc1-c1nonc1NC(C)=O. The van der Waals surface area contributed by atoms with E-state index in [0.29, 0.717) is 17.5 Å². The van der Waals surface area contributed by atoms with Crippen LogP contribution in [0.5, 0.6) is 0 Å². The molecular formula is C16H17N7O3S. The Kier molecular flexibility index (Phi) is 5.81. The topological polar surface area (TPSA) is 128 Å². The van der Waals surface area contributed by atoms with E-state index in [1.165, 1.54) is 18.7 Å². The van der Waals surface area contributed by atoms with Crippen LogP contribution in [-0.2, 0) is 16.1 Å². The first kappa shape index (κ1) is 18.6. The number of aromatic nitrogens is 5. The van der Waals surface area contributed by atoms with Gasteiger partial charge in [0.05, 0.1) is 5.75 Å². The third kappa shape index (κ3) is 4.50. The molecule has 0 bridgehead atoms. The highest BCUT2D eigenvalue weighted by molar-refractivity contribution is 7.99. The summed E-state index contributed by atoms with van der Waals surface area (Å²) in [6.07, 6.45) is 0. The average molecular weight is 387 g/mol. The Morgan fingerprint density at radius 3 is 2.63 bits per heavy atom. The number of benzene rings is 1. The standard InChI is InChI=1S/C16H17N7O3S/c1-3-23-15(13-14(17-10(2)24)22-26-21-13)19-20-16(23)27-9-12(25)18-11-7-5-4-6-8-11/h4-8H,3,9H2,1-2H3,(H,18,25)(H,17,22,24). The summed E-state index contributed by atoms with van der Waals surface area (Å²) in [4.78, 5) is 23.4. The van der Waals surface area contributed by atoms with Gasteiger partial charge in [-0.3, -0.25) is 9.59 Å². The van der Waals surface area contributed by atoms with Crippen molar-refractivity contribution in [2.24, 2.45) is 0 Å². The van der Waals surface area contributed by atoms with E-state index in [4.69, 9.17) is 4.63 Å². The Hall–Kier alpha value is -3.21. The molecule has 2 aromatic heterocycles. The second-order valence-corrected chi connectivity index (χ2v) is 6.34. The zero-order valence-electron chi connectivity index (χ0n) is 14.7. The highest BCUT2D eigenvalue weighted by atomic mass is 32.2. The van der Waals surface area contributed by atoms with E-state index in [9.17, 15) is 9.59 Å². The van der Waals surface area contributed by atoms with Crippen molar-refractivity contribution in [1.82, 2.24) is 25.1 Å². The molecule has 11 heteroatoms. The molecule has 0 spiro atoms. The molecule has 0 radical (unpaired) electrons. The third-order valence-electron chi connectivity index (χ3n) is 3.42. The fraction of sp³-hybridized carbons (Fsp3) is 0.250. The van der Waals surface area contributed by atoms with Crippen LogP contribution in [0, 0.1) is 0 Å². The molecule has 1 aromatic carbocycles. The van der Waals surface area contributed by atoms with Gasteiger partial charge in [-0.05, 0) is 29.4 Å². The maximum Gasteiger partial charge on any atom is 0.234 e. The molecule has 0 atom stereocenters. The number of para-hydroxylation sites is 1. The molecule has 0 aliphatic carbocycles. The van der Waals surface area contributed by atoms with Crippen molar-refractivity contribution in [3.05, 3.63) is 30.3 Å². The van der Waals surface area contributed by atoms with Crippen LogP contribution < -0.4 is 10.6 Å². The molecule has 0 saturated heterocycles. The number of carbonyl (C=O) groups excluding carboxylic acids is 2. The first-order valence-electron chi connectivity index (χ1n) is 8.10. The van der Waals surface area contributed by atoms with Crippen molar-refractivity contribution in [3.8, 4) is 11.5 Å². The average Bonchev–Trinajstić information content (AvgIpc) is 3.26. The van der Waals surface area contributed by atoms with E-state index in [-0.39, 0.29) is 29.1 Å². The highest BCUT2D eigenvalue weighted by Gasteiger charge is 2.22. The van der Waals surface area contributed by atoms with Crippen LogP contribution in [0.25, 0.3) is 11.5 Å². The van der Waals surface area contributed by atoms with Crippen LogP contribution in [0.1, 0.15) is 13.8 Å². The van der Waals surface area contributed by atoms with Crippen LogP contribution in [0.2, 0.25) is 0 Å². The zero-order chi connectivity index (χ0) is 19.2. The van der Waals surface area contributed by atoms with Crippen molar-refractivity contribution in [2.45, 2.75) is 25.5 Å². The molecule has 0 aliphatic heterocycles. The molecule has 3 rings (SSSR count). The summed E-state index contributed by atoms with van der Waals surface area (Å²) < 4.78 is 6.48. The Morgan fingerprint density at radius 2 is 1.93 bits per heavy atom. The first-order valence-corrected chi connectivity index (χ1v) is 9.08. The highest BCUT2D eigenvalue weighted by Crippen LogP contribution is 2.27. The van der Waals surface area contributed by atoms with Gasteiger partial charge in [-0.25, -0.2) is 4.63 Å². The maximum atomic E-state index is 12.1. The quantitative estimate of drug-likeness (QED) is 0.590. The monoisotopic (exact) mass is 387 g/mol. The number of amides is 2. The fourth-order valence-corrected chi connectivity index (χ4v) is 3.09. The Labute approximate surface area is 158 Å². The van der Waals surface area contributed by atoms with Gasteiger partial charge in [-0.2, -0.15) is 0 Å². The van der Waals surface area contributed by atoms with E-state index in [0.717, 1.165) is 5.69 Å². The predicted octanol–water partition coefficient (Wildman–Crippen LogP) is 2.04. The molecule has 3 aromatic rings. The molecule has 2 N–H and O–H groups in total. The molecule has 0 fully saturated rings. The zero-order valence-corrected chi connectivity index (χ0v) is 15.5. The number of rotatable bonds is 7. The van der Waals surface area contributed by atoms with Crippen LogP contribution in [-0.4, -0.2) is 42.6 Å². The number of anilines is 2. The number of hydrogen-bond acceptors (Lipinski definition) is 8. The largest absolute Gasteiger partial charge is 0.325 e. The fourth-order valence-electron chi connectivity index (χ4n) is 2.29. The van der Waals surface area contributed by atoms with Gasteiger partial charge >= 0.3 is 0 Å². The Morgan fingerprint density at radius 1 is 1.15 bits per heavy atom. The minimum Gasteiger partial charge on any atom is -0.325 e. The summed E-state index contributed by atoms with van der Waals surface area (Å²) in [6, 6.07) is 9.21. The summed E-state index contributed by atoms with van der Waals surface area (Å²) in [7, 11) is 0. The Bertz CT molecular complexity index is 939. The van der Waals surface area contributed by atoms with Gasteiger partial charge in [-0.1, -0.05) is 30.0 Å². The Balaban J connectivity index is 1.72. The minimum absolute atomic E-state index is 0.152. The van der Waals surface area contributed by atoms with E-state index < -0.39 is 0 Å². The molecule has 0 unspecified atom stereocenters. The van der Waals surface area contributed by atoms with E-state index in [2.05, 4.69) is 31.1 Å². The first-order chi connectivity index (χ1) is 13.1. The van der Waals surface area contributed by atoms with E-state index in [1.54, 1.807) is 4.57 Å². The lowest BCUT2D eigenvalue weighted by Gasteiger charge is -2.07. The van der Waals surface area contributed by atoms with Crippen molar-refractivity contribution in [3.63, 3.8) is 0 Å². The van der Waals surface area contributed by atoms with Crippen LogP contribution in [0.3, 0.4) is 0 Å². The molecule has 27 heavy (non-hydrogen) atoms. The molecule has 2 heterocycles. The number of nitrogens with zero attached hydrogens (tertiary/aromatic N) is 5. The van der Waals surface area contributed by atoms with Gasteiger partial charge in [0, 0.05) is 19.2 Å². The normalized spacial score (nSPS) is 10.6. The molecule has 0 aliphatic rings. The van der Waals surface area contributed by atoms with Crippen molar-refractivity contribution < 1.29 is 14.2 Å². The number of nitrogens with one attached hydrogen (secondary N) is 2. The summed E-state index contributed by atoms with van der Waals surface area (Å²) in [6.45, 7) is 3.81. The third-order valence-corrected chi connectivity index (χ3v) is 4.38. The van der Waals surface area contributed by atoms with Gasteiger partial charge in [0.15, 0.2) is 16.7 Å². The lowest BCUT2D eigenvalue weighted by Crippen LogP contribution is -2.14. The molecule has 140 valence electrons. The second-order valence-electron chi connectivity index (χ2n) is 5.40. The van der Waals surface area contributed by atoms with Crippen LogP contribution >= 0.6 is 11.8 Å². The predicted molar refractivity (Wildman–Crippen MR) is 99.1 cm³/mol. The van der Waals surface area contributed by atoms with E-state index >= 15 is 0 Å². The molecule has 2 amide bonds. The molecular weight excluding hydrogens is 370 g/mol. The van der Waals surface area contributed by atoms with Gasteiger partial charge < -0.3 is 15.2 Å². The number of hydrogen-bond donors (Lipinski definition) is 2. The summed E-state index contributed by atoms with van der Waals surface area (Å²) in [5.74, 6) is 0.279. The molecule has 10 nitrogen and oxygen atoms in total. The second kappa shape index (κ2) is 8.45. The smallest absolute Gasteiger partial charge is 0.234 e. The van der Waals surface area contributed by atoms with Crippen LogP contribution in [0.15, 0.2) is 40.1 Å². The van der Waals surface area contributed by atoms with Gasteiger partial charge in [0.2, 0.25) is 17.6 Å². The lowest BCUT2D eigenvalue weighted by molar-refractivity contribution is -0.114. The number of thioether (sulfide) groups is 1. The number of carbonyl (C=O) groups is 2. The summed E-state index contributed by atoms with van der Waals surface area (Å²) >= 11 is 1.25. The lowest BCUT2D eigenvalue weighted by atomic mass is 10.3. The van der Waals surface area contributed by atoms with Gasteiger partial charge in [0.1, 0.15) is 0 Å². The van der Waals surface area contributed by atoms with Gasteiger partial charge in [-0.15, -0.1) is 10.2 Å². The van der Waals surface area contributed by atoms with Crippen LogP contribution in [0.4, 0.5) is 11.5 Å². The molecule has 0 saturated carbocycles. The van der Waals surface area contributed by atoms with Crippen molar-refractivity contribution in [1.29, 1.82) is 0 Å². The van der Waals surface area contributed by atoms with Crippen molar-refractivity contribution in [2.75, 3.05) is 16.4 Å².